The number of hydrogen-bond acceptors (Lipinski definition) is 4. The number of carbonyl (C=O) groups excluding carboxylic acids is 3. The Morgan fingerprint density at radius 1 is 0.960 bits per heavy atom. The third kappa shape index (κ3) is 5.74. The van der Waals surface area contributed by atoms with Crippen LogP contribution in [-0.4, -0.2) is 37.0 Å². The number of amides is 2. The largest absolute Gasteiger partial charge is 0.467 e. The monoisotopic (exact) mass is 368 g/mol. The maximum absolute atomic E-state index is 12.6. The summed E-state index contributed by atoms with van der Waals surface area (Å²) in [4.78, 5) is 36.9. The van der Waals surface area contributed by atoms with Crippen LogP contribution in [0.5, 0.6) is 0 Å². The van der Waals surface area contributed by atoms with E-state index in [1.54, 1.807) is 52.0 Å². The van der Waals surface area contributed by atoms with Gasteiger partial charge in [0.05, 0.1) is 17.7 Å². The number of ether oxygens (including phenoxy) is 1. The van der Waals surface area contributed by atoms with E-state index < -0.39 is 29.9 Å². The molecule has 0 fully saturated rings. The summed E-state index contributed by atoms with van der Waals surface area (Å²) in [5.74, 6) is -1.75. The van der Waals surface area contributed by atoms with E-state index in [2.05, 4.69) is 10.6 Å². The summed E-state index contributed by atoms with van der Waals surface area (Å²) in [6.45, 7) is 7.21. The van der Waals surface area contributed by atoms with E-state index in [1.165, 1.54) is 7.11 Å². The number of nitrogens with one attached hydrogen (secondary N) is 2. The average Bonchev–Trinajstić information content (AvgIpc) is 2.56. The molecule has 0 aliphatic rings. The predicted octanol–water partition coefficient (Wildman–Crippen LogP) is 2.41. The molecule has 0 heterocycles. The van der Waals surface area contributed by atoms with Gasteiger partial charge in [-0.15, -0.1) is 0 Å². The van der Waals surface area contributed by atoms with Gasteiger partial charge in [0.2, 0.25) is 5.91 Å². The molecule has 7 heteroatoms. The summed E-state index contributed by atoms with van der Waals surface area (Å²) in [7, 11) is 1.27. The molecular weight excluding hydrogens is 344 g/mol. The Morgan fingerprint density at radius 3 is 2.00 bits per heavy atom. The van der Waals surface area contributed by atoms with E-state index in [0.29, 0.717) is 5.02 Å². The molecule has 138 valence electrons. The van der Waals surface area contributed by atoms with Gasteiger partial charge in [0.25, 0.3) is 5.91 Å². The molecule has 1 aromatic carbocycles. The number of esters is 1. The van der Waals surface area contributed by atoms with Gasteiger partial charge >= 0.3 is 5.97 Å². The maximum Gasteiger partial charge on any atom is 0.328 e. The highest BCUT2D eigenvalue weighted by Crippen LogP contribution is 2.16. The van der Waals surface area contributed by atoms with Crippen molar-refractivity contribution in [3.05, 3.63) is 34.9 Å². The Bertz CT molecular complexity index is 631. The Morgan fingerprint density at radius 2 is 1.52 bits per heavy atom. The summed E-state index contributed by atoms with van der Waals surface area (Å²) >= 11 is 6.03. The number of hydrogen-bond donors (Lipinski definition) is 2. The lowest BCUT2D eigenvalue weighted by Gasteiger charge is -2.26. The zero-order chi connectivity index (χ0) is 19.1. The van der Waals surface area contributed by atoms with Crippen LogP contribution in [0.1, 0.15) is 38.1 Å². The second-order valence-corrected chi connectivity index (χ2v) is 6.84. The van der Waals surface area contributed by atoms with E-state index in [-0.39, 0.29) is 17.4 Å². The molecule has 1 aromatic rings. The highest BCUT2D eigenvalue weighted by Gasteiger charge is 2.31. The Kier molecular flexibility index (Phi) is 7.90. The fraction of sp³-hybridized carbons (Fsp3) is 0.500. The smallest absolute Gasteiger partial charge is 0.328 e. The van der Waals surface area contributed by atoms with Crippen LogP contribution in [-0.2, 0) is 14.3 Å². The van der Waals surface area contributed by atoms with Crippen molar-refractivity contribution in [2.24, 2.45) is 11.8 Å². The van der Waals surface area contributed by atoms with Gasteiger partial charge in [0.1, 0.15) is 12.1 Å². The van der Waals surface area contributed by atoms with Crippen LogP contribution < -0.4 is 10.6 Å². The van der Waals surface area contributed by atoms with Crippen molar-refractivity contribution < 1.29 is 19.1 Å². The fourth-order valence-corrected chi connectivity index (χ4v) is 2.49. The van der Waals surface area contributed by atoms with Crippen molar-refractivity contribution in [1.29, 1.82) is 0 Å². The molecule has 2 N–H and O–H groups in total. The van der Waals surface area contributed by atoms with Crippen LogP contribution in [0.25, 0.3) is 0 Å². The molecule has 0 aliphatic carbocycles. The van der Waals surface area contributed by atoms with Crippen LogP contribution >= 0.6 is 11.6 Å². The van der Waals surface area contributed by atoms with E-state index >= 15 is 0 Å². The zero-order valence-electron chi connectivity index (χ0n) is 15.1. The molecule has 0 saturated carbocycles. The summed E-state index contributed by atoms with van der Waals surface area (Å²) in [6.07, 6.45) is 0. The van der Waals surface area contributed by atoms with E-state index in [4.69, 9.17) is 16.3 Å². The van der Waals surface area contributed by atoms with Gasteiger partial charge in [-0.1, -0.05) is 51.4 Å². The third-order valence-electron chi connectivity index (χ3n) is 3.77. The second kappa shape index (κ2) is 9.42. The van der Waals surface area contributed by atoms with Crippen molar-refractivity contribution >= 4 is 29.4 Å². The molecule has 2 unspecified atom stereocenters. The summed E-state index contributed by atoms with van der Waals surface area (Å²) < 4.78 is 4.72. The minimum absolute atomic E-state index is 0.150. The average molecular weight is 369 g/mol. The van der Waals surface area contributed by atoms with Crippen molar-refractivity contribution in [1.82, 2.24) is 10.6 Å². The standard InChI is InChI=1S/C18H25ClN2O4/c1-10(2)14(17(23)21-15(11(3)4)18(24)25-5)20-16(22)12-8-6-7-9-13(12)19/h6-11,14-15H,1-5H3,(H,20,22)(H,21,23). The van der Waals surface area contributed by atoms with Crippen LogP contribution in [0.4, 0.5) is 0 Å². The van der Waals surface area contributed by atoms with E-state index in [0.717, 1.165) is 0 Å². The lowest BCUT2D eigenvalue weighted by Crippen LogP contribution is -2.55. The van der Waals surface area contributed by atoms with E-state index in [9.17, 15) is 14.4 Å². The van der Waals surface area contributed by atoms with Gasteiger partial charge in [-0.25, -0.2) is 4.79 Å². The van der Waals surface area contributed by atoms with Crippen molar-refractivity contribution in [3.8, 4) is 0 Å². The normalized spacial score (nSPS) is 13.3. The first-order valence-electron chi connectivity index (χ1n) is 8.12. The Hall–Kier alpha value is -2.08. The zero-order valence-corrected chi connectivity index (χ0v) is 15.9. The molecule has 0 bridgehead atoms. The minimum atomic E-state index is -0.810. The molecule has 0 spiro atoms. The van der Waals surface area contributed by atoms with Crippen molar-refractivity contribution in [3.63, 3.8) is 0 Å². The lowest BCUT2D eigenvalue weighted by atomic mass is 10.00. The number of benzene rings is 1. The number of methoxy groups -OCH3 is 1. The Labute approximate surface area is 153 Å². The fourth-order valence-electron chi connectivity index (χ4n) is 2.27. The first-order chi connectivity index (χ1) is 11.7. The summed E-state index contributed by atoms with van der Waals surface area (Å²) in [6, 6.07) is 5.00. The maximum atomic E-state index is 12.6. The molecular formula is C18H25ClN2O4. The van der Waals surface area contributed by atoms with Crippen LogP contribution in [0.3, 0.4) is 0 Å². The summed E-state index contributed by atoms with van der Waals surface area (Å²) in [5.41, 5.74) is 0.288. The van der Waals surface area contributed by atoms with Gasteiger partial charge in [0, 0.05) is 0 Å². The SMILES string of the molecule is COC(=O)C(NC(=O)C(NC(=O)c1ccccc1Cl)C(C)C)C(C)C. The molecule has 2 atom stereocenters. The molecule has 6 nitrogen and oxygen atoms in total. The molecule has 0 radical (unpaired) electrons. The molecule has 2 amide bonds. The first kappa shape index (κ1) is 21.0. The highest BCUT2D eigenvalue weighted by molar-refractivity contribution is 6.33. The quantitative estimate of drug-likeness (QED) is 0.724. The van der Waals surface area contributed by atoms with Gasteiger partial charge in [-0.05, 0) is 24.0 Å². The van der Waals surface area contributed by atoms with Gasteiger partial charge in [-0.3, -0.25) is 9.59 Å². The van der Waals surface area contributed by atoms with Crippen molar-refractivity contribution in [2.45, 2.75) is 39.8 Å². The van der Waals surface area contributed by atoms with Crippen molar-refractivity contribution in [2.75, 3.05) is 7.11 Å². The predicted molar refractivity (Wildman–Crippen MR) is 96.3 cm³/mol. The lowest BCUT2D eigenvalue weighted by molar-refractivity contribution is -0.146. The molecule has 1 rings (SSSR count). The molecule has 0 aliphatic heterocycles. The number of halogens is 1. The summed E-state index contributed by atoms with van der Waals surface area (Å²) in [5, 5.41) is 5.65. The highest BCUT2D eigenvalue weighted by atomic mass is 35.5. The van der Waals surface area contributed by atoms with Gasteiger partial charge in [-0.2, -0.15) is 0 Å². The van der Waals surface area contributed by atoms with Gasteiger partial charge < -0.3 is 15.4 Å². The Balaban J connectivity index is 2.92. The number of carbonyl (C=O) groups is 3. The molecule has 0 saturated heterocycles. The molecule has 0 aromatic heterocycles. The van der Waals surface area contributed by atoms with E-state index in [1.807, 2.05) is 0 Å². The number of rotatable bonds is 7. The van der Waals surface area contributed by atoms with Gasteiger partial charge in [0.15, 0.2) is 0 Å². The topological polar surface area (TPSA) is 84.5 Å². The van der Waals surface area contributed by atoms with Crippen LogP contribution in [0.15, 0.2) is 24.3 Å². The first-order valence-corrected chi connectivity index (χ1v) is 8.50. The minimum Gasteiger partial charge on any atom is -0.467 e. The van der Waals surface area contributed by atoms with Crippen LogP contribution in [0.2, 0.25) is 5.02 Å². The molecule has 25 heavy (non-hydrogen) atoms. The third-order valence-corrected chi connectivity index (χ3v) is 4.10. The second-order valence-electron chi connectivity index (χ2n) is 6.43. The van der Waals surface area contributed by atoms with Crippen LogP contribution in [0, 0.1) is 11.8 Å².